The Kier molecular flexibility index (Phi) is 14.6. The van der Waals surface area contributed by atoms with Crippen LogP contribution in [0, 0.1) is 5.92 Å². The van der Waals surface area contributed by atoms with E-state index in [1.54, 1.807) is 0 Å². The number of halogens is 2. The summed E-state index contributed by atoms with van der Waals surface area (Å²) in [5.41, 5.74) is 0. The summed E-state index contributed by atoms with van der Waals surface area (Å²) in [6.07, 6.45) is 8.22. The van der Waals surface area contributed by atoms with Gasteiger partial charge in [-0.1, -0.05) is 39.0 Å². The zero-order valence-electron chi connectivity index (χ0n) is 12.3. The van der Waals surface area contributed by atoms with Gasteiger partial charge in [-0.15, -0.1) is 24.8 Å². The van der Waals surface area contributed by atoms with E-state index in [1.807, 2.05) is 0 Å². The largest absolute Gasteiger partial charge is 0.356 e. The molecule has 19 heavy (non-hydrogen) atoms. The van der Waals surface area contributed by atoms with E-state index in [9.17, 15) is 4.79 Å². The van der Waals surface area contributed by atoms with E-state index in [-0.39, 0.29) is 30.7 Å². The SMILES string of the molecule is CCCCCCCCC(=O)NCC1CN(C)C1.Cl.Cl. The second-order valence-corrected chi connectivity index (χ2v) is 5.41. The fourth-order valence-electron chi connectivity index (χ4n) is 2.37. The molecule has 0 saturated carbocycles. The van der Waals surface area contributed by atoms with Crippen molar-refractivity contribution in [1.82, 2.24) is 10.2 Å². The van der Waals surface area contributed by atoms with Crippen LogP contribution >= 0.6 is 24.8 Å². The Hall–Kier alpha value is 0.01000. The lowest BCUT2D eigenvalue weighted by atomic mass is 10.0. The molecule has 0 atom stereocenters. The lowest BCUT2D eigenvalue weighted by Crippen LogP contribution is -2.49. The summed E-state index contributed by atoms with van der Waals surface area (Å²) in [5, 5.41) is 3.04. The second kappa shape index (κ2) is 13.0. The molecule has 1 heterocycles. The number of carbonyl (C=O) groups excluding carboxylic acids is 1. The van der Waals surface area contributed by atoms with Crippen LogP contribution in [-0.2, 0) is 4.79 Å². The maximum atomic E-state index is 11.5. The zero-order chi connectivity index (χ0) is 12.5. The minimum Gasteiger partial charge on any atom is -0.356 e. The van der Waals surface area contributed by atoms with Gasteiger partial charge in [-0.2, -0.15) is 0 Å². The Balaban J connectivity index is 0. The smallest absolute Gasteiger partial charge is 0.220 e. The fourth-order valence-corrected chi connectivity index (χ4v) is 2.37. The average molecular weight is 313 g/mol. The van der Waals surface area contributed by atoms with Crippen LogP contribution in [-0.4, -0.2) is 37.5 Å². The predicted molar refractivity (Wildman–Crippen MR) is 86.5 cm³/mol. The highest BCUT2D eigenvalue weighted by molar-refractivity contribution is 5.85. The van der Waals surface area contributed by atoms with Gasteiger partial charge in [-0.25, -0.2) is 0 Å². The van der Waals surface area contributed by atoms with Gasteiger partial charge in [-0.3, -0.25) is 4.79 Å². The molecule has 1 aliphatic rings. The highest BCUT2D eigenvalue weighted by atomic mass is 35.5. The van der Waals surface area contributed by atoms with Gasteiger partial charge in [0.2, 0.25) is 5.91 Å². The molecule has 1 rings (SSSR count). The van der Waals surface area contributed by atoms with Crippen LogP contribution in [0.2, 0.25) is 0 Å². The van der Waals surface area contributed by atoms with Crippen LogP contribution in [0.5, 0.6) is 0 Å². The molecule has 0 aromatic heterocycles. The van der Waals surface area contributed by atoms with Crippen LogP contribution in [0.1, 0.15) is 51.9 Å². The molecule has 5 heteroatoms. The summed E-state index contributed by atoms with van der Waals surface area (Å²) in [6.45, 7) is 5.37. The summed E-state index contributed by atoms with van der Waals surface area (Å²) >= 11 is 0. The Bertz CT molecular complexity index is 221. The van der Waals surface area contributed by atoms with Crippen LogP contribution in [0.4, 0.5) is 0 Å². The maximum Gasteiger partial charge on any atom is 0.220 e. The van der Waals surface area contributed by atoms with Crippen molar-refractivity contribution in [2.75, 3.05) is 26.7 Å². The van der Waals surface area contributed by atoms with E-state index in [0.29, 0.717) is 12.3 Å². The summed E-state index contributed by atoms with van der Waals surface area (Å²) in [4.78, 5) is 13.8. The predicted octanol–water partition coefficient (Wildman–Crippen LogP) is 3.26. The Labute approximate surface area is 130 Å². The van der Waals surface area contributed by atoms with E-state index in [1.165, 1.54) is 32.1 Å². The number of hydrogen-bond acceptors (Lipinski definition) is 2. The first kappa shape index (κ1) is 21.3. The molecule has 1 N–H and O–H groups in total. The molecule has 0 unspecified atom stereocenters. The number of hydrogen-bond donors (Lipinski definition) is 1. The fraction of sp³-hybridized carbons (Fsp3) is 0.929. The molecule has 0 aromatic carbocycles. The van der Waals surface area contributed by atoms with Crippen LogP contribution < -0.4 is 5.32 Å². The Morgan fingerprint density at radius 3 is 2.26 bits per heavy atom. The molecule has 1 amide bonds. The molecule has 0 bridgehead atoms. The van der Waals surface area contributed by atoms with Crippen LogP contribution in [0.3, 0.4) is 0 Å². The molecule has 1 saturated heterocycles. The van der Waals surface area contributed by atoms with E-state index in [2.05, 4.69) is 24.2 Å². The molecular weight excluding hydrogens is 283 g/mol. The third kappa shape index (κ3) is 10.5. The van der Waals surface area contributed by atoms with Gasteiger partial charge in [0.25, 0.3) is 0 Å². The van der Waals surface area contributed by atoms with Crippen molar-refractivity contribution in [1.29, 1.82) is 0 Å². The summed E-state index contributed by atoms with van der Waals surface area (Å²) in [7, 11) is 2.12. The normalized spacial score (nSPS) is 15.1. The minimum absolute atomic E-state index is 0. The number of unbranched alkanes of at least 4 members (excludes halogenated alkanes) is 5. The first-order valence-electron chi connectivity index (χ1n) is 7.17. The van der Waals surface area contributed by atoms with E-state index < -0.39 is 0 Å². The lowest BCUT2D eigenvalue weighted by molar-refractivity contribution is -0.121. The molecule has 116 valence electrons. The minimum atomic E-state index is 0. The topological polar surface area (TPSA) is 32.3 Å². The molecule has 0 spiro atoms. The van der Waals surface area contributed by atoms with Gasteiger partial charge in [0.15, 0.2) is 0 Å². The molecule has 0 aliphatic carbocycles. The Morgan fingerprint density at radius 2 is 1.68 bits per heavy atom. The maximum absolute atomic E-state index is 11.5. The van der Waals surface area contributed by atoms with E-state index >= 15 is 0 Å². The first-order chi connectivity index (χ1) is 8.22. The van der Waals surface area contributed by atoms with Gasteiger partial charge in [0.05, 0.1) is 0 Å². The van der Waals surface area contributed by atoms with Gasteiger partial charge in [0, 0.05) is 32.0 Å². The quantitative estimate of drug-likeness (QED) is 0.663. The van der Waals surface area contributed by atoms with Crippen LogP contribution in [0.15, 0.2) is 0 Å². The van der Waals surface area contributed by atoms with E-state index in [4.69, 9.17) is 0 Å². The zero-order valence-corrected chi connectivity index (χ0v) is 14.0. The monoisotopic (exact) mass is 312 g/mol. The number of carbonyl (C=O) groups is 1. The van der Waals surface area contributed by atoms with Crippen LogP contribution in [0.25, 0.3) is 0 Å². The van der Waals surface area contributed by atoms with Crippen molar-refractivity contribution < 1.29 is 4.79 Å². The van der Waals surface area contributed by atoms with Gasteiger partial charge < -0.3 is 10.2 Å². The summed E-state index contributed by atoms with van der Waals surface area (Å²) < 4.78 is 0. The number of nitrogens with zero attached hydrogens (tertiary/aromatic N) is 1. The van der Waals surface area contributed by atoms with Gasteiger partial charge >= 0.3 is 0 Å². The standard InChI is InChI=1S/C14H28N2O.2ClH/c1-3-4-5-6-7-8-9-14(17)15-10-13-11-16(2)12-13;;/h13H,3-12H2,1-2H3,(H,15,17);2*1H. The highest BCUT2D eigenvalue weighted by Gasteiger charge is 2.22. The number of amides is 1. The Morgan fingerprint density at radius 1 is 1.11 bits per heavy atom. The number of rotatable bonds is 9. The average Bonchev–Trinajstić information content (AvgIpc) is 2.27. The molecular formula is C14H30Cl2N2O. The van der Waals surface area contributed by atoms with Crippen molar-refractivity contribution in [3.63, 3.8) is 0 Å². The molecule has 1 fully saturated rings. The van der Waals surface area contributed by atoms with Crippen molar-refractivity contribution in [2.45, 2.75) is 51.9 Å². The third-order valence-electron chi connectivity index (χ3n) is 3.49. The molecule has 0 radical (unpaired) electrons. The van der Waals surface area contributed by atoms with Crippen molar-refractivity contribution in [3.05, 3.63) is 0 Å². The summed E-state index contributed by atoms with van der Waals surface area (Å²) in [5.74, 6) is 0.934. The van der Waals surface area contributed by atoms with Gasteiger partial charge in [-0.05, 0) is 13.5 Å². The molecule has 0 aromatic rings. The van der Waals surface area contributed by atoms with Crippen molar-refractivity contribution in [3.8, 4) is 0 Å². The van der Waals surface area contributed by atoms with E-state index in [0.717, 1.165) is 26.1 Å². The number of nitrogens with one attached hydrogen (secondary N) is 1. The second-order valence-electron chi connectivity index (χ2n) is 5.41. The van der Waals surface area contributed by atoms with Crippen molar-refractivity contribution in [2.24, 2.45) is 5.92 Å². The molecule has 1 aliphatic heterocycles. The van der Waals surface area contributed by atoms with Gasteiger partial charge in [0.1, 0.15) is 0 Å². The molecule has 3 nitrogen and oxygen atoms in total. The summed E-state index contributed by atoms with van der Waals surface area (Å²) in [6, 6.07) is 0. The third-order valence-corrected chi connectivity index (χ3v) is 3.49. The highest BCUT2D eigenvalue weighted by Crippen LogP contribution is 2.11. The lowest BCUT2D eigenvalue weighted by Gasteiger charge is -2.36. The van der Waals surface area contributed by atoms with Crippen molar-refractivity contribution >= 4 is 30.7 Å². The first-order valence-corrected chi connectivity index (χ1v) is 7.17. The number of likely N-dealkylation sites (tertiary alicyclic amines) is 1.